The lowest BCUT2D eigenvalue weighted by molar-refractivity contribution is -0.139. The normalized spacial score (nSPS) is 18.0. The van der Waals surface area contributed by atoms with E-state index in [1.54, 1.807) is 7.11 Å². The molecular formula is C23H21N3O3. The highest BCUT2D eigenvalue weighted by Crippen LogP contribution is 2.46. The van der Waals surface area contributed by atoms with Crippen LogP contribution in [0.4, 0.5) is 5.69 Å². The molecule has 1 atom stereocenters. The van der Waals surface area contributed by atoms with Gasteiger partial charge in [-0.2, -0.15) is 0 Å². The monoisotopic (exact) mass is 387 g/mol. The molecule has 6 nitrogen and oxygen atoms in total. The molecule has 0 fully saturated rings. The van der Waals surface area contributed by atoms with Crippen molar-refractivity contribution in [2.24, 2.45) is 7.05 Å². The van der Waals surface area contributed by atoms with Gasteiger partial charge in [0.25, 0.3) is 5.91 Å². The summed E-state index contributed by atoms with van der Waals surface area (Å²) in [5.41, 5.74) is 5.52. The first-order chi connectivity index (χ1) is 14.0. The lowest BCUT2D eigenvalue weighted by atomic mass is 9.84. The number of nitrogens with zero attached hydrogens (tertiary/aromatic N) is 2. The van der Waals surface area contributed by atoms with Gasteiger partial charge < -0.3 is 14.6 Å². The first kappa shape index (κ1) is 17.6. The molecule has 2 aliphatic rings. The fourth-order valence-electron chi connectivity index (χ4n) is 4.51. The third kappa shape index (κ3) is 2.49. The molecule has 1 aromatic heterocycles. The van der Waals surface area contributed by atoms with Crippen LogP contribution in [0.1, 0.15) is 24.0 Å². The third-order valence-electron chi connectivity index (χ3n) is 5.88. The van der Waals surface area contributed by atoms with Crippen molar-refractivity contribution < 1.29 is 14.3 Å². The zero-order valence-corrected chi connectivity index (χ0v) is 16.5. The maximum Gasteiger partial charge on any atom is 0.259 e. The Morgan fingerprint density at radius 3 is 2.62 bits per heavy atom. The lowest BCUT2D eigenvalue weighted by Crippen LogP contribution is -2.33. The van der Waals surface area contributed by atoms with E-state index in [9.17, 15) is 9.59 Å². The second-order valence-corrected chi connectivity index (χ2v) is 7.53. The van der Waals surface area contributed by atoms with E-state index >= 15 is 0 Å². The van der Waals surface area contributed by atoms with Crippen molar-refractivity contribution in [1.29, 1.82) is 0 Å². The largest absolute Gasteiger partial charge is 0.497 e. The van der Waals surface area contributed by atoms with Gasteiger partial charge in [0.1, 0.15) is 5.75 Å². The van der Waals surface area contributed by atoms with Crippen molar-refractivity contribution in [3.63, 3.8) is 0 Å². The molecular weight excluding hydrogens is 366 g/mol. The van der Waals surface area contributed by atoms with Crippen LogP contribution in [0.25, 0.3) is 10.9 Å². The average molecular weight is 387 g/mol. The Hall–Kier alpha value is -3.54. The molecule has 0 saturated heterocycles. The Morgan fingerprint density at radius 1 is 1.17 bits per heavy atom. The van der Waals surface area contributed by atoms with E-state index in [0.29, 0.717) is 5.57 Å². The molecule has 3 heterocycles. The molecule has 1 N–H and O–H groups in total. The van der Waals surface area contributed by atoms with Gasteiger partial charge in [0.2, 0.25) is 5.91 Å². The number of nitrogens with one attached hydrogen (secondary N) is 1. The first-order valence-corrected chi connectivity index (χ1v) is 9.54. The Kier molecular flexibility index (Phi) is 3.77. The minimum absolute atomic E-state index is 0.231. The Bertz CT molecular complexity index is 1200. The van der Waals surface area contributed by atoms with Gasteiger partial charge in [-0.25, -0.2) is 0 Å². The molecule has 0 radical (unpaired) electrons. The number of anilines is 1. The first-order valence-electron chi connectivity index (χ1n) is 9.54. The Morgan fingerprint density at radius 2 is 1.93 bits per heavy atom. The number of aromatic nitrogens is 1. The number of aryl methyl sites for hydroxylation is 1. The number of carbonyl (C=O) groups is 2. The summed E-state index contributed by atoms with van der Waals surface area (Å²) in [6.45, 7) is 1.70. The van der Waals surface area contributed by atoms with Crippen LogP contribution in [0.15, 0.2) is 59.9 Å². The minimum Gasteiger partial charge on any atom is -0.497 e. The van der Waals surface area contributed by atoms with Crippen molar-refractivity contribution >= 4 is 28.4 Å². The number of benzene rings is 2. The number of rotatable bonds is 2. The highest BCUT2D eigenvalue weighted by Gasteiger charge is 2.41. The summed E-state index contributed by atoms with van der Waals surface area (Å²) in [5.74, 6) is 0.0134. The summed E-state index contributed by atoms with van der Waals surface area (Å²) in [5, 5.41) is 4.57. The van der Waals surface area contributed by atoms with Crippen LogP contribution in [-0.4, -0.2) is 34.9 Å². The zero-order valence-electron chi connectivity index (χ0n) is 16.5. The number of hydrogen-bond acceptors (Lipinski definition) is 4. The molecule has 2 aliphatic heterocycles. The summed E-state index contributed by atoms with van der Waals surface area (Å²) in [6, 6.07) is 13.9. The summed E-state index contributed by atoms with van der Waals surface area (Å²) >= 11 is 0. The fraction of sp³-hybridized carbons (Fsp3) is 0.217. The lowest BCUT2D eigenvalue weighted by Gasteiger charge is -2.19. The van der Waals surface area contributed by atoms with Gasteiger partial charge in [-0.1, -0.05) is 18.2 Å². The van der Waals surface area contributed by atoms with Crippen molar-refractivity contribution in [2.75, 3.05) is 19.0 Å². The van der Waals surface area contributed by atoms with Crippen LogP contribution in [0.5, 0.6) is 5.75 Å². The van der Waals surface area contributed by atoms with Gasteiger partial charge in [0, 0.05) is 42.9 Å². The number of ether oxygens (including phenoxy) is 1. The van der Waals surface area contributed by atoms with Gasteiger partial charge in [0.15, 0.2) is 0 Å². The van der Waals surface area contributed by atoms with Crippen molar-refractivity contribution in [3.8, 4) is 5.75 Å². The van der Waals surface area contributed by atoms with Crippen LogP contribution in [0.2, 0.25) is 0 Å². The molecule has 29 heavy (non-hydrogen) atoms. The molecule has 0 aliphatic carbocycles. The van der Waals surface area contributed by atoms with Gasteiger partial charge in [-0.05, 0) is 35.4 Å². The van der Waals surface area contributed by atoms with E-state index < -0.39 is 0 Å². The van der Waals surface area contributed by atoms with E-state index in [1.807, 2.05) is 43.4 Å². The minimum atomic E-state index is -0.271. The summed E-state index contributed by atoms with van der Waals surface area (Å²) in [7, 11) is 3.64. The van der Waals surface area contributed by atoms with E-state index in [0.717, 1.165) is 39.2 Å². The SMILES string of the molecule is COc1ccc(C2C3=C(CN(C(C)=O)C3=O)Nc3cccc4c3c2cn4C)cc1. The quantitative estimate of drug-likeness (QED) is 0.732. The molecule has 2 aromatic carbocycles. The molecule has 3 aromatic rings. The fourth-order valence-corrected chi connectivity index (χ4v) is 4.51. The topological polar surface area (TPSA) is 63.6 Å². The molecule has 0 spiro atoms. The van der Waals surface area contributed by atoms with Gasteiger partial charge in [-0.15, -0.1) is 0 Å². The maximum atomic E-state index is 13.3. The van der Waals surface area contributed by atoms with Crippen LogP contribution in [0, 0.1) is 0 Å². The number of hydrogen-bond donors (Lipinski definition) is 1. The van der Waals surface area contributed by atoms with Crippen molar-refractivity contribution in [2.45, 2.75) is 12.8 Å². The van der Waals surface area contributed by atoms with Gasteiger partial charge in [-0.3, -0.25) is 14.5 Å². The molecule has 0 saturated carbocycles. The zero-order chi connectivity index (χ0) is 20.3. The molecule has 6 heteroatoms. The predicted molar refractivity (Wildman–Crippen MR) is 111 cm³/mol. The number of amides is 2. The third-order valence-corrected chi connectivity index (χ3v) is 5.88. The van der Waals surface area contributed by atoms with Gasteiger partial charge >= 0.3 is 0 Å². The Labute approximate surface area is 168 Å². The highest BCUT2D eigenvalue weighted by atomic mass is 16.5. The molecule has 0 bridgehead atoms. The van der Waals surface area contributed by atoms with Crippen LogP contribution < -0.4 is 10.1 Å². The smallest absolute Gasteiger partial charge is 0.259 e. The molecule has 5 rings (SSSR count). The highest BCUT2D eigenvalue weighted by molar-refractivity contribution is 6.11. The van der Waals surface area contributed by atoms with E-state index in [1.165, 1.54) is 11.8 Å². The number of carbonyl (C=O) groups excluding carboxylic acids is 2. The molecule has 1 unspecified atom stereocenters. The second kappa shape index (κ2) is 6.24. The number of imide groups is 1. The van der Waals surface area contributed by atoms with E-state index in [-0.39, 0.29) is 24.3 Å². The van der Waals surface area contributed by atoms with Crippen LogP contribution in [0.3, 0.4) is 0 Å². The number of methoxy groups -OCH3 is 1. The maximum absolute atomic E-state index is 13.3. The molecule has 2 amide bonds. The van der Waals surface area contributed by atoms with Crippen LogP contribution in [-0.2, 0) is 16.6 Å². The predicted octanol–water partition coefficient (Wildman–Crippen LogP) is 3.39. The van der Waals surface area contributed by atoms with Crippen molar-refractivity contribution in [1.82, 2.24) is 9.47 Å². The van der Waals surface area contributed by atoms with Crippen LogP contribution >= 0.6 is 0 Å². The Balaban J connectivity index is 1.78. The molecule has 146 valence electrons. The summed E-state index contributed by atoms with van der Waals surface area (Å²) in [6.07, 6.45) is 2.09. The second-order valence-electron chi connectivity index (χ2n) is 7.53. The average Bonchev–Trinajstić information content (AvgIpc) is 3.17. The van der Waals surface area contributed by atoms with Crippen molar-refractivity contribution in [3.05, 3.63) is 71.1 Å². The van der Waals surface area contributed by atoms with Gasteiger partial charge in [0.05, 0.1) is 24.7 Å². The summed E-state index contributed by atoms with van der Waals surface area (Å²) < 4.78 is 7.39. The summed E-state index contributed by atoms with van der Waals surface area (Å²) in [4.78, 5) is 26.7. The van der Waals surface area contributed by atoms with E-state index in [4.69, 9.17) is 4.74 Å². The standard InChI is InChI=1S/C23H21N3O3/c1-13(27)26-12-18-22(23(26)28)20(14-7-9-15(29-3)10-8-14)16-11-25(2)19-6-4-5-17(24-18)21(16)19/h4-11,20,24H,12H2,1-3H3. The van der Waals surface area contributed by atoms with E-state index in [2.05, 4.69) is 22.1 Å².